The molecule has 0 amide bonds. The van der Waals surface area contributed by atoms with E-state index >= 15 is 0 Å². The fourth-order valence-corrected chi connectivity index (χ4v) is 3.03. The third kappa shape index (κ3) is 4.94. The molecule has 1 heterocycles. The van der Waals surface area contributed by atoms with Crippen molar-refractivity contribution in [2.45, 2.75) is 52.6 Å². The zero-order chi connectivity index (χ0) is 12.8. The Balaban J connectivity index is 2.30. The SMILES string of the molecule is CCN(CC)C1CCN(CC(N)CC(C)C)C1. The standard InChI is InChI=1S/C14H31N3/c1-5-17(6-2)14-7-8-16(11-14)10-13(15)9-12(3)4/h12-14H,5-11,15H2,1-4H3. The van der Waals surface area contributed by atoms with Crippen molar-refractivity contribution in [2.24, 2.45) is 11.7 Å². The van der Waals surface area contributed by atoms with Crippen LogP contribution >= 0.6 is 0 Å². The molecule has 1 saturated heterocycles. The van der Waals surface area contributed by atoms with Crippen LogP contribution < -0.4 is 5.73 Å². The minimum atomic E-state index is 0.352. The monoisotopic (exact) mass is 241 g/mol. The van der Waals surface area contributed by atoms with Gasteiger partial charge in [-0.15, -0.1) is 0 Å². The Labute approximate surface area is 107 Å². The number of nitrogens with two attached hydrogens (primary N) is 1. The van der Waals surface area contributed by atoms with E-state index in [9.17, 15) is 0 Å². The van der Waals surface area contributed by atoms with Crippen LogP contribution in [0.25, 0.3) is 0 Å². The minimum Gasteiger partial charge on any atom is -0.327 e. The molecule has 0 spiro atoms. The predicted molar refractivity (Wildman–Crippen MR) is 75.2 cm³/mol. The quantitative estimate of drug-likeness (QED) is 0.737. The molecule has 1 fully saturated rings. The molecular formula is C14H31N3. The van der Waals surface area contributed by atoms with Crippen molar-refractivity contribution in [3.63, 3.8) is 0 Å². The van der Waals surface area contributed by atoms with E-state index in [4.69, 9.17) is 5.73 Å². The van der Waals surface area contributed by atoms with Gasteiger partial charge in [-0.3, -0.25) is 4.90 Å². The van der Waals surface area contributed by atoms with E-state index in [1.54, 1.807) is 0 Å². The van der Waals surface area contributed by atoms with E-state index in [1.807, 2.05) is 0 Å². The van der Waals surface area contributed by atoms with Gasteiger partial charge in [-0.1, -0.05) is 27.7 Å². The molecule has 1 aliphatic heterocycles. The lowest BCUT2D eigenvalue weighted by Crippen LogP contribution is -2.41. The van der Waals surface area contributed by atoms with Gasteiger partial charge in [0.2, 0.25) is 0 Å². The second-order valence-corrected chi connectivity index (χ2v) is 5.81. The van der Waals surface area contributed by atoms with E-state index < -0.39 is 0 Å². The van der Waals surface area contributed by atoms with Crippen LogP contribution in [0.5, 0.6) is 0 Å². The normalized spacial score (nSPS) is 23.8. The summed E-state index contributed by atoms with van der Waals surface area (Å²) in [6.45, 7) is 14.9. The van der Waals surface area contributed by atoms with Crippen LogP contribution in [0.2, 0.25) is 0 Å². The fourth-order valence-electron chi connectivity index (χ4n) is 3.03. The van der Waals surface area contributed by atoms with Crippen LogP contribution in [0.4, 0.5) is 0 Å². The number of nitrogens with zero attached hydrogens (tertiary/aromatic N) is 2. The fraction of sp³-hybridized carbons (Fsp3) is 1.00. The average Bonchev–Trinajstić information content (AvgIpc) is 2.67. The second kappa shape index (κ2) is 7.34. The molecule has 2 atom stereocenters. The van der Waals surface area contributed by atoms with Gasteiger partial charge in [0.15, 0.2) is 0 Å². The molecule has 17 heavy (non-hydrogen) atoms. The molecule has 0 aliphatic carbocycles. The van der Waals surface area contributed by atoms with Gasteiger partial charge in [0.05, 0.1) is 0 Å². The molecule has 0 radical (unpaired) electrons. The summed E-state index contributed by atoms with van der Waals surface area (Å²) in [5.74, 6) is 0.714. The summed E-state index contributed by atoms with van der Waals surface area (Å²) in [6.07, 6.45) is 2.46. The number of rotatable bonds is 7. The van der Waals surface area contributed by atoms with Crippen molar-refractivity contribution in [1.82, 2.24) is 9.80 Å². The summed E-state index contributed by atoms with van der Waals surface area (Å²) < 4.78 is 0. The van der Waals surface area contributed by atoms with E-state index in [2.05, 4.69) is 37.5 Å². The summed E-state index contributed by atoms with van der Waals surface area (Å²) in [7, 11) is 0. The molecule has 0 aromatic carbocycles. The largest absolute Gasteiger partial charge is 0.327 e. The predicted octanol–water partition coefficient (Wildman–Crippen LogP) is 1.78. The molecule has 0 aromatic heterocycles. The van der Waals surface area contributed by atoms with Crippen LogP contribution in [0.1, 0.15) is 40.5 Å². The molecule has 0 aromatic rings. The van der Waals surface area contributed by atoms with Gasteiger partial charge in [-0.25, -0.2) is 0 Å². The van der Waals surface area contributed by atoms with Gasteiger partial charge >= 0.3 is 0 Å². The van der Waals surface area contributed by atoms with E-state index in [1.165, 1.54) is 32.6 Å². The van der Waals surface area contributed by atoms with Gasteiger partial charge < -0.3 is 10.6 Å². The van der Waals surface area contributed by atoms with E-state index in [0.717, 1.165) is 19.0 Å². The topological polar surface area (TPSA) is 32.5 Å². The molecule has 3 heteroatoms. The average molecular weight is 241 g/mol. The lowest BCUT2D eigenvalue weighted by molar-refractivity contribution is 0.206. The van der Waals surface area contributed by atoms with Crippen molar-refractivity contribution >= 4 is 0 Å². The maximum absolute atomic E-state index is 6.19. The lowest BCUT2D eigenvalue weighted by atomic mass is 10.0. The van der Waals surface area contributed by atoms with Crippen molar-refractivity contribution in [1.29, 1.82) is 0 Å². The maximum Gasteiger partial charge on any atom is 0.0235 e. The Morgan fingerprint density at radius 3 is 2.47 bits per heavy atom. The van der Waals surface area contributed by atoms with Crippen molar-refractivity contribution in [3.8, 4) is 0 Å². The van der Waals surface area contributed by atoms with Gasteiger partial charge in [0, 0.05) is 25.2 Å². The first kappa shape index (κ1) is 14.9. The highest BCUT2D eigenvalue weighted by atomic mass is 15.3. The highest BCUT2D eigenvalue weighted by molar-refractivity contribution is 4.84. The summed E-state index contributed by atoms with van der Waals surface area (Å²) in [5, 5.41) is 0. The Morgan fingerprint density at radius 1 is 1.29 bits per heavy atom. The first-order valence-electron chi connectivity index (χ1n) is 7.28. The third-order valence-corrected chi connectivity index (χ3v) is 3.84. The van der Waals surface area contributed by atoms with Gasteiger partial charge in [-0.2, -0.15) is 0 Å². The molecular weight excluding hydrogens is 210 g/mol. The zero-order valence-electron chi connectivity index (χ0n) is 12.2. The Kier molecular flexibility index (Phi) is 6.45. The third-order valence-electron chi connectivity index (χ3n) is 3.84. The molecule has 102 valence electrons. The molecule has 3 nitrogen and oxygen atoms in total. The lowest BCUT2D eigenvalue weighted by Gasteiger charge is -2.27. The van der Waals surface area contributed by atoms with E-state index in [-0.39, 0.29) is 0 Å². The summed E-state index contributed by atoms with van der Waals surface area (Å²) in [4.78, 5) is 5.13. The van der Waals surface area contributed by atoms with E-state index in [0.29, 0.717) is 12.0 Å². The van der Waals surface area contributed by atoms with Crippen molar-refractivity contribution in [2.75, 3.05) is 32.7 Å². The summed E-state index contributed by atoms with van der Waals surface area (Å²) in [5.41, 5.74) is 6.19. The molecule has 1 rings (SSSR count). The highest BCUT2D eigenvalue weighted by Gasteiger charge is 2.26. The molecule has 2 unspecified atom stereocenters. The van der Waals surface area contributed by atoms with Crippen LogP contribution in [0, 0.1) is 5.92 Å². The Morgan fingerprint density at radius 2 is 1.94 bits per heavy atom. The molecule has 0 saturated carbocycles. The van der Waals surface area contributed by atoms with Gasteiger partial charge in [0.1, 0.15) is 0 Å². The number of likely N-dealkylation sites (N-methyl/N-ethyl adjacent to an activating group) is 1. The highest BCUT2D eigenvalue weighted by Crippen LogP contribution is 2.16. The number of hydrogen-bond acceptors (Lipinski definition) is 3. The summed E-state index contributed by atoms with van der Waals surface area (Å²) >= 11 is 0. The number of hydrogen-bond donors (Lipinski definition) is 1. The summed E-state index contributed by atoms with van der Waals surface area (Å²) in [6, 6.07) is 1.11. The second-order valence-electron chi connectivity index (χ2n) is 5.81. The van der Waals surface area contributed by atoms with Gasteiger partial charge in [-0.05, 0) is 38.4 Å². The molecule has 2 N–H and O–H groups in total. The van der Waals surface area contributed by atoms with Gasteiger partial charge in [0.25, 0.3) is 0 Å². The van der Waals surface area contributed by atoms with Crippen molar-refractivity contribution in [3.05, 3.63) is 0 Å². The molecule has 1 aliphatic rings. The first-order valence-corrected chi connectivity index (χ1v) is 7.28. The van der Waals surface area contributed by atoms with Crippen LogP contribution in [-0.2, 0) is 0 Å². The maximum atomic E-state index is 6.19. The number of likely N-dealkylation sites (tertiary alicyclic amines) is 1. The first-order chi connectivity index (χ1) is 8.06. The Hall–Kier alpha value is -0.120. The smallest absolute Gasteiger partial charge is 0.0235 e. The molecule has 0 bridgehead atoms. The Bertz CT molecular complexity index is 202. The van der Waals surface area contributed by atoms with Crippen LogP contribution in [-0.4, -0.2) is 54.6 Å². The minimum absolute atomic E-state index is 0.352. The van der Waals surface area contributed by atoms with Crippen molar-refractivity contribution < 1.29 is 0 Å². The zero-order valence-corrected chi connectivity index (χ0v) is 12.2. The van der Waals surface area contributed by atoms with Crippen LogP contribution in [0.3, 0.4) is 0 Å². The van der Waals surface area contributed by atoms with Crippen LogP contribution in [0.15, 0.2) is 0 Å².